The fraction of sp³-hybridized carbons (Fsp3) is 0.455. The molecule has 2 amide bonds. The highest BCUT2D eigenvalue weighted by atomic mass is 32.2. The van der Waals surface area contributed by atoms with Gasteiger partial charge in [-0.25, -0.2) is 9.59 Å². The Morgan fingerprint density at radius 3 is 3.06 bits per heavy atom. The highest BCUT2D eigenvalue weighted by molar-refractivity contribution is 8.00. The summed E-state index contributed by atoms with van der Waals surface area (Å²) in [5.41, 5.74) is 0.842. The van der Waals surface area contributed by atoms with Crippen molar-refractivity contribution < 1.29 is 19.1 Å². The zero-order valence-corrected chi connectivity index (χ0v) is 10.6. The highest BCUT2D eigenvalue weighted by Crippen LogP contribution is 2.28. The molecule has 98 valence electrons. The second-order valence-electron chi connectivity index (χ2n) is 3.98. The summed E-state index contributed by atoms with van der Waals surface area (Å²) < 4.78 is 4.89. The van der Waals surface area contributed by atoms with Crippen LogP contribution in [-0.2, 0) is 11.3 Å². The van der Waals surface area contributed by atoms with Crippen LogP contribution in [0.4, 0.5) is 4.79 Å². The predicted octanol–water partition coefficient (Wildman–Crippen LogP) is 1.34. The van der Waals surface area contributed by atoms with E-state index in [0.717, 1.165) is 5.56 Å². The molecule has 1 aromatic heterocycles. The Hall–Kier alpha value is -1.63. The molecule has 2 rings (SSSR count). The minimum Gasteiger partial charge on any atom is -0.480 e. The van der Waals surface area contributed by atoms with Gasteiger partial charge < -0.3 is 14.8 Å². The molecule has 1 saturated heterocycles. The van der Waals surface area contributed by atoms with Crippen molar-refractivity contribution in [2.75, 3.05) is 5.75 Å². The molecule has 6 nitrogen and oxygen atoms in total. The maximum atomic E-state index is 12.0. The number of rotatable bonds is 3. The molecule has 2 N–H and O–H groups in total. The van der Waals surface area contributed by atoms with Gasteiger partial charge in [0, 0.05) is 17.9 Å². The molecule has 0 saturated carbocycles. The summed E-state index contributed by atoms with van der Waals surface area (Å²) in [5, 5.41) is 11.6. The molecule has 0 spiro atoms. The van der Waals surface area contributed by atoms with E-state index in [1.807, 2.05) is 6.92 Å². The van der Waals surface area contributed by atoms with Crippen LogP contribution < -0.4 is 5.32 Å². The van der Waals surface area contributed by atoms with Crippen molar-refractivity contribution in [3.05, 3.63) is 24.2 Å². The number of amides is 2. The molecule has 1 fully saturated rings. The minimum atomic E-state index is -0.967. The number of hydrogen-bond donors (Lipinski definition) is 2. The Labute approximate surface area is 108 Å². The van der Waals surface area contributed by atoms with Crippen LogP contribution in [-0.4, -0.2) is 39.2 Å². The van der Waals surface area contributed by atoms with E-state index in [9.17, 15) is 9.59 Å². The van der Waals surface area contributed by atoms with Crippen LogP contribution in [0.5, 0.6) is 0 Å². The van der Waals surface area contributed by atoms with Gasteiger partial charge in [-0.1, -0.05) is 0 Å². The molecule has 2 atom stereocenters. The summed E-state index contributed by atoms with van der Waals surface area (Å²) in [6.45, 7) is 2.15. The number of furan rings is 1. The molecule has 2 heterocycles. The quantitative estimate of drug-likeness (QED) is 0.866. The van der Waals surface area contributed by atoms with E-state index in [4.69, 9.17) is 9.52 Å². The van der Waals surface area contributed by atoms with Gasteiger partial charge in [0.1, 0.15) is 6.04 Å². The molecular weight excluding hydrogens is 256 g/mol. The number of carboxylic acids is 1. The van der Waals surface area contributed by atoms with Crippen molar-refractivity contribution in [3.8, 4) is 0 Å². The van der Waals surface area contributed by atoms with E-state index in [1.165, 1.54) is 29.2 Å². The van der Waals surface area contributed by atoms with Crippen LogP contribution in [0.3, 0.4) is 0 Å². The van der Waals surface area contributed by atoms with Gasteiger partial charge in [0.15, 0.2) is 0 Å². The molecule has 0 aliphatic carbocycles. The summed E-state index contributed by atoms with van der Waals surface area (Å²) in [6, 6.07) is 0.632. The normalized spacial score (nSPS) is 23.1. The van der Waals surface area contributed by atoms with Gasteiger partial charge >= 0.3 is 12.0 Å². The third-order valence-corrected chi connectivity index (χ3v) is 3.98. The second kappa shape index (κ2) is 5.34. The van der Waals surface area contributed by atoms with Crippen LogP contribution in [0.1, 0.15) is 12.5 Å². The lowest BCUT2D eigenvalue weighted by atomic mass is 10.3. The third-order valence-electron chi connectivity index (χ3n) is 2.77. The van der Waals surface area contributed by atoms with Crippen molar-refractivity contribution in [1.29, 1.82) is 0 Å². The highest BCUT2D eigenvalue weighted by Gasteiger charge is 2.39. The topological polar surface area (TPSA) is 82.8 Å². The average molecular weight is 270 g/mol. The Morgan fingerprint density at radius 1 is 1.67 bits per heavy atom. The zero-order chi connectivity index (χ0) is 13.1. The number of carboxylic acid groups (broad SMARTS) is 1. The van der Waals surface area contributed by atoms with Gasteiger partial charge in [-0.3, -0.25) is 4.90 Å². The summed E-state index contributed by atoms with van der Waals surface area (Å²) in [6.07, 6.45) is 3.06. The molecule has 1 aliphatic rings. The van der Waals surface area contributed by atoms with Crippen molar-refractivity contribution in [2.45, 2.75) is 24.9 Å². The van der Waals surface area contributed by atoms with Crippen molar-refractivity contribution in [1.82, 2.24) is 10.2 Å². The van der Waals surface area contributed by atoms with Gasteiger partial charge in [-0.15, -0.1) is 11.8 Å². The van der Waals surface area contributed by atoms with E-state index < -0.39 is 12.0 Å². The average Bonchev–Trinajstić information content (AvgIpc) is 2.94. The standard InChI is InChI=1S/C11H14N2O4S/c1-7-13(9(6-18-7)10(14)15)11(16)12-4-8-2-3-17-5-8/h2-3,5,7,9H,4,6H2,1H3,(H,12,16)(H,14,15). The van der Waals surface area contributed by atoms with Crippen LogP contribution >= 0.6 is 11.8 Å². The fourth-order valence-electron chi connectivity index (χ4n) is 1.80. The smallest absolute Gasteiger partial charge is 0.327 e. The lowest BCUT2D eigenvalue weighted by Crippen LogP contribution is -2.49. The number of carbonyl (C=O) groups excluding carboxylic acids is 1. The van der Waals surface area contributed by atoms with Crippen LogP contribution in [0, 0.1) is 0 Å². The molecule has 0 aromatic carbocycles. The first-order chi connectivity index (χ1) is 8.59. The van der Waals surface area contributed by atoms with Crippen LogP contribution in [0.15, 0.2) is 23.0 Å². The first-order valence-electron chi connectivity index (χ1n) is 5.51. The van der Waals surface area contributed by atoms with Crippen molar-refractivity contribution in [2.24, 2.45) is 0 Å². The van der Waals surface area contributed by atoms with Gasteiger partial charge in [-0.2, -0.15) is 0 Å². The van der Waals surface area contributed by atoms with Gasteiger partial charge in [0.2, 0.25) is 0 Å². The number of aliphatic carboxylic acids is 1. The number of thioether (sulfide) groups is 1. The van der Waals surface area contributed by atoms with Gasteiger partial charge in [0.25, 0.3) is 0 Å². The van der Waals surface area contributed by atoms with Crippen LogP contribution in [0.25, 0.3) is 0 Å². The predicted molar refractivity (Wildman–Crippen MR) is 66.1 cm³/mol. The lowest BCUT2D eigenvalue weighted by molar-refractivity contribution is -0.141. The number of nitrogens with one attached hydrogen (secondary N) is 1. The van der Waals surface area contributed by atoms with Gasteiger partial charge in [-0.05, 0) is 13.0 Å². The third kappa shape index (κ3) is 2.61. The number of nitrogens with zero attached hydrogens (tertiary/aromatic N) is 1. The minimum absolute atomic E-state index is 0.129. The molecule has 0 radical (unpaired) electrons. The number of hydrogen-bond acceptors (Lipinski definition) is 4. The summed E-state index contributed by atoms with van der Waals surface area (Å²) in [7, 11) is 0. The van der Waals surface area contributed by atoms with E-state index in [-0.39, 0.29) is 11.4 Å². The molecule has 2 unspecified atom stereocenters. The number of carbonyl (C=O) groups is 2. The van der Waals surface area contributed by atoms with E-state index >= 15 is 0 Å². The second-order valence-corrected chi connectivity index (χ2v) is 5.33. The summed E-state index contributed by atoms with van der Waals surface area (Å²) in [5.74, 6) is -0.541. The van der Waals surface area contributed by atoms with E-state index in [2.05, 4.69) is 5.32 Å². The Kier molecular flexibility index (Phi) is 3.81. The molecule has 0 bridgehead atoms. The molecule has 1 aromatic rings. The maximum Gasteiger partial charge on any atom is 0.327 e. The number of urea groups is 1. The van der Waals surface area contributed by atoms with E-state index in [1.54, 1.807) is 6.07 Å². The lowest BCUT2D eigenvalue weighted by Gasteiger charge is -2.25. The molecule has 7 heteroatoms. The van der Waals surface area contributed by atoms with Gasteiger partial charge in [0.05, 0.1) is 17.9 Å². The Morgan fingerprint density at radius 2 is 2.44 bits per heavy atom. The SMILES string of the molecule is CC1SCC(C(=O)O)N1C(=O)NCc1ccoc1. The van der Waals surface area contributed by atoms with E-state index in [0.29, 0.717) is 12.3 Å². The summed E-state index contributed by atoms with van der Waals surface area (Å²) in [4.78, 5) is 24.4. The zero-order valence-electron chi connectivity index (χ0n) is 9.83. The van der Waals surface area contributed by atoms with Crippen molar-refractivity contribution in [3.63, 3.8) is 0 Å². The van der Waals surface area contributed by atoms with Crippen LogP contribution in [0.2, 0.25) is 0 Å². The summed E-state index contributed by atoms with van der Waals surface area (Å²) >= 11 is 1.46. The van der Waals surface area contributed by atoms with Crippen molar-refractivity contribution >= 4 is 23.8 Å². The first kappa shape index (κ1) is 12.8. The first-order valence-corrected chi connectivity index (χ1v) is 6.56. The monoisotopic (exact) mass is 270 g/mol. The Balaban J connectivity index is 1.96. The molecular formula is C11H14N2O4S. The fourth-order valence-corrected chi connectivity index (χ4v) is 2.97. The molecule has 1 aliphatic heterocycles. The maximum absolute atomic E-state index is 12.0. The largest absolute Gasteiger partial charge is 0.480 e. The molecule has 18 heavy (non-hydrogen) atoms. The Bertz CT molecular complexity index is 434.